The van der Waals surface area contributed by atoms with Crippen molar-refractivity contribution in [3.05, 3.63) is 41.2 Å². The standard InChI is InChI=1S/C9H8BrN3O/c10-8-2-1-3-9(13-8)11-4-7-5-14-6-12-7/h1-3,5-6H,4H2,(H,11,13). The lowest BCUT2D eigenvalue weighted by molar-refractivity contribution is 0.556. The summed E-state index contributed by atoms with van der Waals surface area (Å²) in [7, 11) is 0. The third-order valence-corrected chi connectivity index (χ3v) is 2.09. The Morgan fingerprint density at radius 3 is 3.07 bits per heavy atom. The molecule has 14 heavy (non-hydrogen) atoms. The second-order valence-corrected chi connectivity index (χ2v) is 3.49. The lowest BCUT2D eigenvalue weighted by Crippen LogP contribution is -2.01. The Labute approximate surface area is 89.5 Å². The van der Waals surface area contributed by atoms with Gasteiger partial charge < -0.3 is 9.73 Å². The molecule has 72 valence electrons. The van der Waals surface area contributed by atoms with E-state index in [1.165, 1.54) is 6.39 Å². The van der Waals surface area contributed by atoms with Crippen LogP contribution in [0.2, 0.25) is 0 Å². The van der Waals surface area contributed by atoms with Gasteiger partial charge in [-0.3, -0.25) is 0 Å². The molecule has 2 heterocycles. The van der Waals surface area contributed by atoms with Crippen LogP contribution in [0.1, 0.15) is 5.69 Å². The highest BCUT2D eigenvalue weighted by Gasteiger charge is 1.97. The van der Waals surface area contributed by atoms with Gasteiger partial charge in [-0.05, 0) is 28.1 Å². The average Bonchev–Trinajstić information content (AvgIpc) is 2.67. The number of nitrogens with zero attached hydrogens (tertiary/aromatic N) is 2. The van der Waals surface area contributed by atoms with Gasteiger partial charge in [0.15, 0.2) is 6.39 Å². The molecule has 5 heteroatoms. The predicted molar refractivity (Wildman–Crippen MR) is 55.8 cm³/mol. The zero-order valence-corrected chi connectivity index (χ0v) is 8.86. The van der Waals surface area contributed by atoms with E-state index < -0.39 is 0 Å². The van der Waals surface area contributed by atoms with Crippen molar-refractivity contribution < 1.29 is 4.42 Å². The molecule has 2 aromatic heterocycles. The van der Waals surface area contributed by atoms with E-state index in [-0.39, 0.29) is 0 Å². The summed E-state index contributed by atoms with van der Waals surface area (Å²) in [6.07, 6.45) is 3.01. The normalized spacial score (nSPS) is 10.1. The second-order valence-electron chi connectivity index (χ2n) is 2.68. The summed E-state index contributed by atoms with van der Waals surface area (Å²) >= 11 is 3.30. The number of hydrogen-bond acceptors (Lipinski definition) is 4. The van der Waals surface area contributed by atoms with Crippen molar-refractivity contribution in [2.24, 2.45) is 0 Å². The van der Waals surface area contributed by atoms with Crippen LogP contribution in [0.3, 0.4) is 0 Å². The maximum Gasteiger partial charge on any atom is 0.180 e. The van der Waals surface area contributed by atoms with Crippen molar-refractivity contribution in [1.82, 2.24) is 9.97 Å². The number of aromatic nitrogens is 2. The van der Waals surface area contributed by atoms with Crippen molar-refractivity contribution >= 4 is 21.7 Å². The molecule has 0 unspecified atom stereocenters. The van der Waals surface area contributed by atoms with E-state index in [4.69, 9.17) is 4.42 Å². The monoisotopic (exact) mass is 253 g/mol. The molecule has 0 saturated carbocycles. The van der Waals surface area contributed by atoms with Crippen LogP contribution < -0.4 is 5.32 Å². The Morgan fingerprint density at radius 2 is 2.36 bits per heavy atom. The number of oxazole rings is 1. The molecule has 2 rings (SSSR count). The summed E-state index contributed by atoms with van der Waals surface area (Å²) in [6.45, 7) is 0.611. The fourth-order valence-corrected chi connectivity index (χ4v) is 1.36. The van der Waals surface area contributed by atoms with Crippen LogP contribution in [0.15, 0.2) is 39.9 Å². The lowest BCUT2D eigenvalue weighted by Gasteiger charge is -2.02. The molecule has 0 radical (unpaired) electrons. The van der Waals surface area contributed by atoms with Gasteiger partial charge in [-0.1, -0.05) is 6.07 Å². The first kappa shape index (κ1) is 9.21. The number of pyridine rings is 1. The van der Waals surface area contributed by atoms with Gasteiger partial charge in [0, 0.05) is 0 Å². The topological polar surface area (TPSA) is 51.0 Å². The third kappa shape index (κ3) is 2.32. The maximum absolute atomic E-state index is 4.85. The highest BCUT2D eigenvalue weighted by atomic mass is 79.9. The van der Waals surface area contributed by atoms with Gasteiger partial charge in [-0.2, -0.15) is 0 Å². The lowest BCUT2D eigenvalue weighted by atomic mass is 10.4. The van der Waals surface area contributed by atoms with Gasteiger partial charge in [0.25, 0.3) is 0 Å². The fourth-order valence-electron chi connectivity index (χ4n) is 1.01. The summed E-state index contributed by atoms with van der Waals surface area (Å²) in [4.78, 5) is 8.20. The smallest absolute Gasteiger partial charge is 0.180 e. The van der Waals surface area contributed by atoms with Crippen LogP contribution in [0.4, 0.5) is 5.82 Å². The van der Waals surface area contributed by atoms with Gasteiger partial charge >= 0.3 is 0 Å². The number of nitrogens with one attached hydrogen (secondary N) is 1. The Balaban J connectivity index is 1.98. The summed E-state index contributed by atoms with van der Waals surface area (Å²) in [5.74, 6) is 0.808. The summed E-state index contributed by atoms with van der Waals surface area (Å²) < 4.78 is 5.65. The number of anilines is 1. The number of hydrogen-bond donors (Lipinski definition) is 1. The highest BCUT2D eigenvalue weighted by Crippen LogP contribution is 2.10. The van der Waals surface area contributed by atoms with E-state index in [9.17, 15) is 0 Å². The Bertz CT molecular complexity index is 402. The number of rotatable bonds is 3. The van der Waals surface area contributed by atoms with E-state index in [1.807, 2.05) is 18.2 Å². The molecule has 0 bridgehead atoms. The summed E-state index contributed by atoms with van der Waals surface area (Å²) in [5, 5.41) is 3.12. The van der Waals surface area contributed by atoms with Crippen LogP contribution >= 0.6 is 15.9 Å². The van der Waals surface area contributed by atoms with Crippen LogP contribution in [0, 0.1) is 0 Å². The first-order valence-electron chi connectivity index (χ1n) is 4.08. The van der Waals surface area contributed by atoms with E-state index in [1.54, 1.807) is 6.26 Å². The Kier molecular flexibility index (Phi) is 2.78. The van der Waals surface area contributed by atoms with Gasteiger partial charge in [-0.25, -0.2) is 9.97 Å². The van der Waals surface area contributed by atoms with E-state index in [0.29, 0.717) is 6.54 Å². The van der Waals surface area contributed by atoms with E-state index in [0.717, 1.165) is 16.1 Å². The zero-order chi connectivity index (χ0) is 9.80. The molecule has 0 atom stereocenters. The Hall–Kier alpha value is -1.36. The molecule has 0 saturated heterocycles. The highest BCUT2D eigenvalue weighted by molar-refractivity contribution is 9.10. The van der Waals surface area contributed by atoms with Crippen molar-refractivity contribution in [2.45, 2.75) is 6.54 Å². The summed E-state index contributed by atoms with van der Waals surface area (Å²) in [5.41, 5.74) is 0.853. The largest absolute Gasteiger partial charge is 0.451 e. The molecule has 1 N–H and O–H groups in total. The molecule has 0 amide bonds. The van der Waals surface area contributed by atoms with Gasteiger partial charge in [0.2, 0.25) is 0 Å². The van der Waals surface area contributed by atoms with Crippen molar-refractivity contribution in [1.29, 1.82) is 0 Å². The van der Waals surface area contributed by atoms with Gasteiger partial charge in [-0.15, -0.1) is 0 Å². The van der Waals surface area contributed by atoms with Crippen molar-refractivity contribution in [3.8, 4) is 0 Å². The Morgan fingerprint density at radius 1 is 1.43 bits per heavy atom. The van der Waals surface area contributed by atoms with Crippen LogP contribution in [-0.2, 0) is 6.54 Å². The molecule has 0 aliphatic carbocycles. The molecule has 0 aliphatic heterocycles. The van der Waals surface area contributed by atoms with Crippen LogP contribution in [-0.4, -0.2) is 9.97 Å². The third-order valence-electron chi connectivity index (χ3n) is 1.65. The average molecular weight is 254 g/mol. The number of halogens is 1. The fraction of sp³-hybridized carbons (Fsp3) is 0.111. The molecule has 0 spiro atoms. The minimum atomic E-state index is 0.611. The van der Waals surface area contributed by atoms with Gasteiger partial charge in [0.05, 0.1) is 12.2 Å². The first-order valence-corrected chi connectivity index (χ1v) is 4.87. The SMILES string of the molecule is Brc1cccc(NCc2cocn2)n1. The molecule has 0 aliphatic rings. The molecular weight excluding hydrogens is 246 g/mol. The summed E-state index contributed by atoms with van der Waals surface area (Å²) in [6, 6.07) is 5.69. The van der Waals surface area contributed by atoms with Crippen LogP contribution in [0.25, 0.3) is 0 Å². The minimum Gasteiger partial charge on any atom is -0.451 e. The predicted octanol–water partition coefficient (Wildman–Crippen LogP) is 2.44. The maximum atomic E-state index is 4.85. The molecular formula is C9H8BrN3O. The van der Waals surface area contributed by atoms with E-state index >= 15 is 0 Å². The van der Waals surface area contributed by atoms with Crippen molar-refractivity contribution in [2.75, 3.05) is 5.32 Å². The zero-order valence-electron chi connectivity index (χ0n) is 7.27. The molecule has 4 nitrogen and oxygen atoms in total. The van der Waals surface area contributed by atoms with Gasteiger partial charge in [0.1, 0.15) is 16.7 Å². The van der Waals surface area contributed by atoms with E-state index in [2.05, 4.69) is 31.2 Å². The molecule has 2 aromatic rings. The molecule has 0 aromatic carbocycles. The first-order chi connectivity index (χ1) is 6.84. The minimum absolute atomic E-state index is 0.611. The van der Waals surface area contributed by atoms with Crippen LogP contribution in [0.5, 0.6) is 0 Å². The second kappa shape index (κ2) is 4.23. The quantitative estimate of drug-likeness (QED) is 0.854. The van der Waals surface area contributed by atoms with Crippen molar-refractivity contribution in [3.63, 3.8) is 0 Å². The molecule has 0 fully saturated rings.